The lowest BCUT2D eigenvalue weighted by Crippen LogP contribution is -2.41. The normalized spacial score (nSPS) is 13.0. The molecule has 2 heterocycles. The number of furan rings is 1. The summed E-state index contributed by atoms with van der Waals surface area (Å²) in [7, 11) is 3.24. The molecule has 2 aromatic carbocycles. The minimum Gasteiger partial charge on any atom is -0.497 e. The van der Waals surface area contributed by atoms with Gasteiger partial charge in [-0.15, -0.1) is 13.2 Å². The van der Waals surface area contributed by atoms with Crippen LogP contribution in [0.3, 0.4) is 0 Å². The molecule has 230 valence electrons. The number of ether oxygens (including phenoxy) is 2. The van der Waals surface area contributed by atoms with Crippen molar-refractivity contribution in [2.45, 2.75) is 39.0 Å². The van der Waals surface area contributed by atoms with Gasteiger partial charge in [0.05, 0.1) is 26.5 Å². The predicted octanol–water partition coefficient (Wildman–Crippen LogP) is 5.06. The third-order valence-corrected chi connectivity index (χ3v) is 6.27. The van der Waals surface area contributed by atoms with E-state index in [1.54, 1.807) is 31.4 Å². The van der Waals surface area contributed by atoms with Crippen molar-refractivity contribution in [1.82, 2.24) is 15.5 Å². The van der Waals surface area contributed by atoms with Crippen molar-refractivity contribution >= 4 is 34.4 Å². The van der Waals surface area contributed by atoms with Crippen molar-refractivity contribution in [3.8, 4) is 17.7 Å². The summed E-state index contributed by atoms with van der Waals surface area (Å²) < 4.78 is 16.0. The average molecular weight is 583 g/mol. The fourth-order valence-corrected chi connectivity index (χ4v) is 4.31. The monoisotopic (exact) mass is 582 g/mol. The number of hydrogen-bond acceptors (Lipinski definition) is 7. The van der Waals surface area contributed by atoms with Crippen LogP contribution in [0.2, 0.25) is 0 Å². The number of aryl methyl sites for hydroxylation is 1. The molecule has 0 unspecified atom stereocenters. The van der Waals surface area contributed by atoms with Crippen LogP contribution in [0.25, 0.3) is 11.0 Å². The summed E-state index contributed by atoms with van der Waals surface area (Å²) in [6, 6.07) is 13.0. The van der Waals surface area contributed by atoms with Crippen molar-refractivity contribution in [2.75, 3.05) is 33.9 Å². The molecule has 11 heteroatoms. The maximum atomic E-state index is 12.1. The molecule has 4 N–H and O–H groups in total. The number of guanidine groups is 1. The molecule has 11 nitrogen and oxygen atoms in total. The highest BCUT2D eigenvalue weighted by Gasteiger charge is 2.19. The number of nitrogens with zero attached hydrogens (tertiary/aromatic N) is 3. The Labute approximate surface area is 251 Å². The number of carbonyl (C=O) groups is 2. The van der Waals surface area contributed by atoms with E-state index in [1.165, 1.54) is 0 Å². The van der Waals surface area contributed by atoms with Crippen molar-refractivity contribution in [2.24, 2.45) is 10.7 Å². The molecular weight excluding hydrogens is 536 g/mol. The number of nitriles is 1. The fraction of sp³-hybridized carbons (Fsp3) is 0.355. The van der Waals surface area contributed by atoms with E-state index in [0.717, 1.165) is 53.1 Å². The third-order valence-electron chi connectivity index (χ3n) is 6.27. The molecule has 3 aromatic rings. The van der Waals surface area contributed by atoms with Crippen molar-refractivity contribution < 1.29 is 27.8 Å². The van der Waals surface area contributed by atoms with Crippen LogP contribution >= 0.6 is 0 Å². The highest BCUT2D eigenvalue weighted by Crippen LogP contribution is 2.25. The number of nitrogens with two attached hydrogens (primary N) is 1. The molecule has 0 spiro atoms. The van der Waals surface area contributed by atoms with Crippen LogP contribution in [0.15, 0.2) is 65.0 Å². The van der Waals surface area contributed by atoms with E-state index in [1.807, 2.05) is 43.3 Å². The Kier molecular flexibility index (Phi) is 14.0. The maximum absolute atomic E-state index is 12.1. The topological polar surface area (TPSA) is 155 Å². The summed E-state index contributed by atoms with van der Waals surface area (Å²) in [4.78, 5) is 29.7. The second kappa shape index (κ2) is 17.7. The van der Waals surface area contributed by atoms with Gasteiger partial charge in [-0.25, -0.2) is 4.99 Å². The van der Waals surface area contributed by atoms with E-state index in [2.05, 4.69) is 28.8 Å². The second-order valence-electron chi connectivity index (χ2n) is 9.22. The van der Waals surface area contributed by atoms with E-state index in [9.17, 15) is 9.59 Å². The first-order chi connectivity index (χ1) is 20.3. The summed E-state index contributed by atoms with van der Waals surface area (Å²) in [5, 5.41) is 14.5. The van der Waals surface area contributed by atoms with Crippen molar-refractivity contribution in [3.05, 3.63) is 66.9 Å². The van der Waals surface area contributed by atoms with E-state index < -0.39 is 0 Å². The van der Waals surface area contributed by atoms with Gasteiger partial charge in [0.1, 0.15) is 22.8 Å². The quantitative estimate of drug-likeness (QED) is 0.109. The Morgan fingerprint density at radius 2 is 1.95 bits per heavy atom. The molecule has 0 aliphatic carbocycles. The van der Waals surface area contributed by atoms with Crippen LogP contribution in [0.5, 0.6) is 11.5 Å². The van der Waals surface area contributed by atoms with Gasteiger partial charge in [-0.1, -0.05) is 6.42 Å². The van der Waals surface area contributed by atoms with Gasteiger partial charge < -0.3 is 29.8 Å². The van der Waals surface area contributed by atoms with Gasteiger partial charge in [0.2, 0.25) is 17.8 Å². The number of methoxy groups -OCH3 is 2. The Bertz CT molecular complexity index is 1410. The number of fused-ring (bicyclic) bond motifs is 1. The summed E-state index contributed by atoms with van der Waals surface area (Å²) in [5.74, 6) is 2.41. The maximum Gasteiger partial charge on any atom is 0.239 e. The van der Waals surface area contributed by atoms with Crippen LogP contribution in [0, 0.1) is 18.4 Å². The van der Waals surface area contributed by atoms with E-state index in [0.29, 0.717) is 31.6 Å². The zero-order valence-corrected chi connectivity index (χ0v) is 24.6. The van der Waals surface area contributed by atoms with Crippen LogP contribution in [-0.2, 0) is 16.0 Å². The van der Waals surface area contributed by atoms with Gasteiger partial charge in [-0.2, -0.15) is 5.26 Å². The molecule has 1 saturated heterocycles. The number of aliphatic imine (C=N–C) groups is 1. The summed E-state index contributed by atoms with van der Waals surface area (Å²) in [6.45, 7) is 9.20. The standard InChI is InChI=1S/C18H26N2O4.C11H10N4O.C2H4.3H2/c1-23-15-7-8-16(24-2)14(12-15)9-10-19-17(21)13-20-11-5-3-4-6-18(20)22;1-7-4-8-5-9(2-3-10(8)16-7)15-11(13)14-6-12;1-2;;;/h7-8,12H,3-6,9-11,13H2,1-2H3,(H,19,21);2-5H,1H3,(H3,13,14,15);1-2H2;3*1H. The first-order valence-electron chi connectivity index (χ1n) is 13.6. The SMILES string of the molecule is C=C.COc1ccc(OC)c(CCNC(=O)CN2CCCCCC2=O)c1.Cc1cc2cc(N=C(N)NC#N)ccc2o1.[HH].[HH].[HH]. The minimum absolute atomic E-state index is 0. The predicted molar refractivity (Wildman–Crippen MR) is 170 cm³/mol. The molecule has 0 saturated carbocycles. The average Bonchev–Trinajstić information content (AvgIpc) is 3.24. The van der Waals surface area contributed by atoms with Gasteiger partial charge >= 0.3 is 0 Å². The molecule has 1 aliphatic rings. The lowest BCUT2D eigenvalue weighted by molar-refractivity contribution is -0.135. The molecule has 42 heavy (non-hydrogen) atoms. The Hall–Kier alpha value is -4.98. The first kappa shape index (κ1) is 33.2. The number of nitrogens with one attached hydrogen (secondary N) is 2. The summed E-state index contributed by atoms with van der Waals surface area (Å²) in [6.07, 6.45) is 5.84. The van der Waals surface area contributed by atoms with Crippen molar-refractivity contribution in [1.29, 1.82) is 5.26 Å². The molecule has 0 radical (unpaired) electrons. The van der Waals surface area contributed by atoms with E-state index >= 15 is 0 Å². The molecular formula is C31H46N6O5. The zero-order chi connectivity index (χ0) is 30.9. The number of carbonyl (C=O) groups excluding carboxylic acids is 2. The third kappa shape index (κ3) is 10.5. The van der Waals surface area contributed by atoms with Gasteiger partial charge in [-0.05, 0) is 74.2 Å². The number of benzene rings is 2. The Morgan fingerprint density at radius 3 is 2.67 bits per heavy atom. The Balaban J connectivity index is 0. The fourth-order valence-electron chi connectivity index (χ4n) is 4.31. The Morgan fingerprint density at radius 1 is 1.17 bits per heavy atom. The van der Waals surface area contributed by atoms with Gasteiger partial charge in [0, 0.05) is 29.2 Å². The number of rotatable bonds is 8. The number of hydrogen-bond donors (Lipinski definition) is 3. The first-order valence-corrected chi connectivity index (χ1v) is 13.6. The molecule has 4 rings (SSSR count). The van der Waals surface area contributed by atoms with E-state index in [4.69, 9.17) is 24.9 Å². The molecule has 0 bridgehead atoms. The number of likely N-dealkylation sites (tertiary alicyclic amines) is 1. The van der Waals surface area contributed by atoms with Crippen molar-refractivity contribution in [3.63, 3.8) is 0 Å². The lowest BCUT2D eigenvalue weighted by atomic mass is 10.1. The van der Waals surface area contributed by atoms with Crippen LogP contribution in [0.4, 0.5) is 5.69 Å². The zero-order valence-electron chi connectivity index (χ0n) is 24.6. The highest BCUT2D eigenvalue weighted by atomic mass is 16.5. The molecule has 0 atom stereocenters. The molecule has 1 fully saturated rings. The van der Waals surface area contributed by atoms with Crippen LogP contribution in [0.1, 0.15) is 41.3 Å². The summed E-state index contributed by atoms with van der Waals surface area (Å²) in [5.41, 5.74) is 7.92. The van der Waals surface area contributed by atoms with Crippen LogP contribution in [-0.4, -0.2) is 56.5 Å². The minimum atomic E-state index is -0.118. The number of amides is 2. The van der Waals surface area contributed by atoms with Gasteiger partial charge in [0.15, 0.2) is 6.19 Å². The molecule has 1 aromatic heterocycles. The lowest BCUT2D eigenvalue weighted by Gasteiger charge is -2.19. The van der Waals surface area contributed by atoms with E-state index in [-0.39, 0.29) is 28.6 Å². The smallest absolute Gasteiger partial charge is 0.239 e. The molecule has 1 aliphatic heterocycles. The van der Waals surface area contributed by atoms with Crippen LogP contribution < -0.4 is 25.8 Å². The largest absolute Gasteiger partial charge is 0.497 e. The molecule has 2 amide bonds. The second-order valence-corrected chi connectivity index (χ2v) is 9.22. The van der Waals surface area contributed by atoms with Gasteiger partial charge in [0.25, 0.3) is 0 Å². The van der Waals surface area contributed by atoms with Gasteiger partial charge in [-0.3, -0.25) is 14.9 Å². The summed E-state index contributed by atoms with van der Waals surface area (Å²) >= 11 is 0. The highest BCUT2D eigenvalue weighted by molar-refractivity contribution is 5.86.